The molecule has 0 aliphatic heterocycles. The Morgan fingerprint density at radius 2 is 1.24 bits per heavy atom. The standard InChI is InChI=1S/C11H16N2O.C10H15N/c1-8-5-6-10(13(3)4)7-11(8)12-9(2)14;1-8-5-6-10(11(3)4)7-9(8)2/h5-7H,1-4H3,(H,12,14);5-7H,1-4H3. The monoisotopic (exact) mass is 341 g/mol. The first-order valence-corrected chi connectivity index (χ1v) is 8.42. The number of hydrogen-bond acceptors (Lipinski definition) is 3. The molecule has 0 radical (unpaired) electrons. The number of anilines is 3. The van der Waals surface area contributed by atoms with Gasteiger partial charge in [-0.05, 0) is 61.7 Å². The third-order valence-electron chi connectivity index (χ3n) is 4.06. The molecule has 1 amide bonds. The van der Waals surface area contributed by atoms with Crippen molar-refractivity contribution in [1.29, 1.82) is 0 Å². The lowest BCUT2D eigenvalue weighted by Gasteiger charge is -2.15. The Morgan fingerprint density at radius 1 is 0.760 bits per heavy atom. The van der Waals surface area contributed by atoms with Crippen molar-refractivity contribution in [3.8, 4) is 0 Å². The van der Waals surface area contributed by atoms with Crippen molar-refractivity contribution in [3.05, 3.63) is 53.1 Å². The summed E-state index contributed by atoms with van der Waals surface area (Å²) in [7, 11) is 8.07. The summed E-state index contributed by atoms with van der Waals surface area (Å²) in [5.74, 6) is -0.0380. The van der Waals surface area contributed by atoms with Crippen LogP contribution in [0, 0.1) is 20.8 Å². The van der Waals surface area contributed by atoms with Crippen LogP contribution in [0.4, 0.5) is 17.1 Å². The van der Waals surface area contributed by atoms with Gasteiger partial charge in [-0.3, -0.25) is 4.79 Å². The second kappa shape index (κ2) is 9.11. The summed E-state index contributed by atoms with van der Waals surface area (Å²) in [4.78, 5) is 15.0. The molecule has 0 heterocycles. The number of carbonyl (C=O) groups excluding carboxylic acids is 1. The molecule has 25 heavy (non-hydrogen) atoms. The van der Waals surface area contributed by atoms with Crippen molar-refractivity contribution in [2.45, 2.75) is 27.7 Å². The molecule has 0 aromatic heterocycles. The van der Waals surface area contributed by atoms with Crippen LogP contribution in [0.5, 0.6) is 0 Å². The van der Waals surface area contributed by atoms with Gasteiger partial charge in [-0.1, -0.05) is 12.1 Å². The largest absolute Gasteiger partial charge is 0.378 e. The molecule has 0 fully saturated rings. The lowest BCUT2D eigenvalue weighted by atomic mass is 10.1. The minimum absolute atomic E-state index is 0.0380. The van der Waals surface area contributed by atoms with Crippen LogP contribution < -0.4 is 15.1 Å². The van der Waals surface area contributed by atoms with E-state index in [4.69, 9.17) is 0 Å². The molecule has 0 aliphatic carbocycles. The number of nitrogens with zero attached hydrogens (tertiary/aromatic N) is 2. The number of aryl methyl sites for hydroxylation is 3. The molecule has 0 aliphatic rings. The summed E-state index contributed by atoms with van der Waals surface area (Å²) in [5, 5.41) is 2.80. The van der Waals surface area contributed by atoms with E-state index in [1.54, 1.807) is 0 Å². The van der Waals surface area contributed by atoms with Crippen molar-refractivity contribution >= 4 is 23.0 Å². The number of benzene rings is 2. The van der Waals surface area contributed by atoms with Gasteiger partial charge in [-0.15, -0.1) is 0 Å². The third-order valence-corrected chi connectivity index (χ3v) is 4.06. The van der Waals surface area contributed by atoms with E-state index in [9.17, 15) is 4.79 Å². The van der Waals surface area contributed by atoms with Gasteiger partial charge < -0.3 is 15.1 Å². The Bertz CT molecular complexity index is 721. The highest BCUT2D eigenvalue weighted by Crippen LogP contribution is 2.21. The van der Waals surface area contributed by atoms with Gasteiger partial charge in [0, 0.05) is 52.2 Å². The Labute approximate surface area is 152 Å². The van der Waals surface area contributed by atoms with Crippen LogP contribution in [0.3, 0.4) is 0 Å². The van der Waals surface area contributed by atoms with Crippen LogP contribution in [-0.2, 0) is 4.79 Å². The summed E-state index contributed by atoms with van der Waals surface area (Å²) in [6, 6.07) is 12.5. The maximum Gasteiger partial charge on any atom is 0.221 e. The average molecular weight is 341 g/mol. The van der Waals surface area contributed by atoms with Gasteiger partial charge in [-0.2, -0.15) is 0 Å². The fraction of sp³-hybridized carbons (Fsp3) is 0.381. The fourth-order valence-corrected chi connectivity index (χ4v) is 2.22. The zero-order valence-electron chi connectivity index (χ0n) is 16.8. The lowest BCUT2D eigenvalue weighted by molar-refractivity contribution is -0.114. The van der Waals surface area contributed by atoms with Crippen LogP contribution >= 0.6 is 0 Å². The molecule has 0 spiro atoms. The highest BCUT2D eigenvalue weighted by molar-refractivity contribution is 5.90. The highest BCUT2D eigenvalue weighted by Gasteiger charge is 2.02. The van der Waals surface area contributed by atoms with E-state index in [1.807, 2.05) is 44.1 Å². The Kier molecular flexibility index (Phi) is 7.49. The molecule has 0 unspecified atom stereocenters. The predicted octanol–water partition coefficient (Wildman–Crippen LogP) is 4.39. The van der Waals surface area contributed by atoms with Crippen molar-refractivity contribution in [2.75, 3.05) is 43.3 Å². The van der Waals surface area contributed by atoms with Gasteiger partial charge in [-0.25, -0.2) is 0 Å². The van der Waals surface area contributed by atoms with Gasteiger partial charge in [0.1, 0.15) is 0 Å². The van der Waals surface area contributed by atoms with E-state index in [0.717, 1.165) is 16.9 Å². The quantitative estimate of drug-likeness (QED) is 0.899. The van der Waals surface area contributed by atoms with E-state index in [0.29, 0.717) is 0 Å². The molecule has 1 N–H and O–H groups in total. The van der Waals surface area contributed by atoms with Gasteiger partial charge in [0.15, 0.2) is 0 Å². The van der Waals surface area contributed by atoms with Crippen LogP contribution in [0.1, 0.15) is 23.6 Å². The fourth-order valence-electron chi connectivity index (χ4n) is 2.22. The number of amides is 1. The van der Waals surface area contributed by atoms with Crippen LogP contribution in [0.15, 0.2) is 36.4 Å². The molecule has 2 aromatic carbocycles. The summed E-state index contributed by atoms with van der Waals surface area (Å²) in [6.07, 6.45) is 0. The summed E-state index contributed by atoms with van der Waals surface area (Å²) in [6.45, 7) is 7.77. The molecular weight excluding hydrogens is 310 g/mol. The Morgan fingerprint density at radius 3 is 1.68 bits per heavy atom. The summed E-state index contributed by atoms with van der Waals surface area (Å²) < 4.78 is 0. The molecule has 0 saturated heterocycles. The molecule has 0 saturated carbocycles. The van der Waals surface area contributed by atoms with Crippen LogP contribution in [-0.4, -0.2) is 34.1 Å². The van der Waals surface area contributed by atoms with Crippen molar-refractivity contribution in [3.63, 3.8) is 0 Å². The SMILES string of the molecule is CC(=O)Nc1cc(N(C)C)ccc1C.Cc1ccc(N(C)C)cc1C. The first-order chi connectivity index (χ1) is 11.6. The maximum atomic E-state index is 10.9. The van der Waals surface area contributed by atoms with E-state index >= 15 is 0 Å². The average Bonchev–Trinajstić information content (AvgIpc) is 2.52. The molecule has 4 nitrogen and oxygen atoms in total. The van der Waals surface area contributed by atoms with Gasteiger partial charge >= 0.3 is 0 Å². The molecular formula is C21H31N3O. The van der Waals surface area contributed by atoms with E-state index in [1.165, 1.54) is 23.7 Å². The molecule has 4 heteroatoms. The van der Waals surface area contributed by atoms with Crippen LogP contribution in [0.25, 0.3) is 0 Å². The molecule has 2 aromatic rings. The van der Waals surface area contributed by atoms with Crippen LogP contribution in [0.2, 0.25) is 0 Å². The van der Waals surface area contributed by atoms with Crippen molar-refractivity contribution < 1.29 is 4.79 Å². The minimum atomic E-state index is -0.0380. The molecule has 2 rings (SSSR count). The minimum Gasteiger partial charge on any atom is -0.378 e. The third kappa shape index (κ3) is 6.49. The highest BCUT2D eigenvalue weighted by atomic mass is 16.1. The number of hydrogen-bond donors (Lipinski definition) is 1. The predicted molar refractivity (Wildman–Crippen MR) is 110 cm³/mol. The molecule has 0 bridgehead atoms. The molecule has 0 atom stereocenters. The number of nitrogens with one attached hydrogen (secondary N) is 1. The van der Waals surface area contributed by atoms with E-state index < -0.39 is 0 Å². The lowest BCUT2D eigenvalue weighted by Crippen LogP contribution is -2.11. The Balaban J connectivity index is 0.000000257. The number of rotatable bonds is 3. The smallest absolute Gasteiger partial charge is 0.221 e. The first-order valence-electron chi connectivity index (χ1n) is 8.42. The normalized spacial score (nSPS) is 9.76. The first kappa shape index (κ1) is 20.6. The Hall–Kier alpha value is -2.49. The molecule has 136 valence electrons. The van der Waals surface area contributed by atoms with Gasteiger partial charge in [0.05, 0.1) is 0 Å². The zero-order valence-corrected chi connectivity index (χ0v) is 16.8. The summed E-state index contributed by atoms with van der Waals surface area (Å²) >= 11 is 0. The van der Waals surface area contributed by atoms with Gasteiger partial charge in [0.2, 0.25) is 5.91 Å². The van der Waals surface area contributed by atoms with Gasteiger partial charge in [0.25, 0.3) is 0 Å². The van der Waals surface area contributed by atoms with Crippen molar-refractivity contribution in [2.24, 2.45) is 0 Å². The second-order valence-corrected chi connectivity index (χ2v) is 6.74. The number of carbonyl (C=O) groups is 1. The van der Waals surface area contributed by atoms with Crippen molar-refractivity contribution in [1.82, 2.24) is 0 Å². The second-order valence-electron chi connectivity index (χ2n) is 6.74. The maximum absolute atomic E-state index is 10.9. The van der Waals surface area contributed by atoms with E-state index in [2.05, 4.69) is 56.4 Å². The zero-order chi connectivity index (χ0) is 19.1. The summed E-state index contributed by atoms with van der Waals surface area (Å²) in [5.41, 5.74) is 7.02. The topological polar surface area (TPSA) is 35.6 Å². The van der Waals surface area contributed by atoms with E-state index in [-0.39, 0.29) is 5.91 Å².